The largest absolute Gasteiger partial charge is 0.348 e. The van der Waals surface area contributed by atoms with Gasteiger partial charge in [0.05, 0.1) is 4.90 Å². The van der Waals surface area contributed by atoms with Crippen LogP contribution in [0.15, 0.2) is 41.8 Å². The molecule has 1 fully saturated rings. The van der Waals surface area contributed by atoms with E-state index in [1.54, 1.807) is 24.3 Å². The third kappa shape index (κ3) is 5.64. The Kier molecular flexibility index (Phi) is 7.55. The molecule has 0 bridgehead atoms. The summed E-state index contributed by atoms with van der Waals surface area (Å²) in [6.45, 7) is 6.31. The second-order valence-electron chi connectivity index (χ2n) is 6.62. The maximum atomic E-state index is 13.0. The summed E-state index contributed by atoms with van der Waals surface area (Å²) in [7, 11) is -3.58. The van der Waals surface area contributed by atoms with E-state index in [0.717, 1.165) is 24.8 Å². The van der Waals surface area contributed by atoms with Crippen molar-refractivity contribution in [3.05, 3.63) is 42.5 Å². The maximum Gasteiger partial charge on any atom is 0.309 e. The molecule has 2 amide bonds. The second-order valence-corrected chi connectivity index (χ2v) is 8.51. The number of piperidine rings is 1. The summed E-state index contributed by atoms with van der Waals surface area (Å²) in [5, 5.41) is 4.96. The highest BCUT2D eigenvalue weighted by molar-refractivity contribution is 7.89. The first-order valence-electron chi connectivity index (χ1n) is 9.11. The smallest absolute Gasteiger partial charge is 0.309 e. The molecule has 0 aromatic heterocycles. The third-order valence-corrected chi connectivity index (χ3v) is 6.54. The van der Waals surface area contributed by atoms with E-state index in [1.165, 1.54) is 10.4 Å². The van der Waals surface area contributed by atoms with Crippen LogP contribution >= 0.6 is 0 Å². The molecule has 1 saturated heterocycles. The molecule has 0 spiro atoms. The minimum absolute atomic E-state index is 0.193. The summed E-state index contributed by atoms with van der Waals surface area (Å²) in [5.74, 6) is -1.44. The van der Waals surface area contributed by atoms with Crippen molar-refractivity contribution in [1.29, 1.82) is 0 Å². The van der Waals surface area contributed by atoms with Crippen LogP contribution in [0.2, 0.25) is 0 Å². The molecule has 1 aliphatic rings. The maximum absolute atomic E-state index is 13.0. The number of aryl methyl sites for hydroxylation is 1. The second kappa shape index (κ2) is 9.66. The van der Waals surface area contributed by atoms with E-state index in [4.69, 9.17) is 0 Å². The van der Waals surface area contributed by atoms with Crippen LogP contribution in [-0.4, -0.2) is 50.2 Å². The van der Waals surface area contributed by atoms with E-state index >= 15 is 0 Å². The van der Waals surface area contributed by atoms with Crippen molar-refractivity contribution in [2.45, 2.75) is 43.5 Å². The molecule has 2 N–H and O–H groups in total. The average molecular weight is 394 g/mol. The third-order valence-electron chi connectivity index (χ3n) is 4.58. The molecule has 1 unspecified atom stereocenters. The fraction of sp³-hybridized carbons (Fsp3) is 0.474. The van der Waals surface area contributed by atoms with Crippen LogP contribution in [0.5, 0.6) is 0 Å². The van der Waals surface area contributed by atoms with Gasteiger partial charge in [0.2, 0.25) is 10.0 Å². The first-order valence-corrected chi connectivity index (χ1v) is 10.6. The lowest BCUT2D eigenvalue weighted by molar-refractivity contribution is -0.139. The van der Waals surface area contributed by atoms with Crippen LogP contribution < -0.4 is 10.6 Å². The van der Waals surface area contributed by atoms with E-state index in [9.17, 15) is 18.0 Å². The van der Waals surface area contributed by atoms with Gasteiger partial charge in [0.25, 0.3) is 0 Å². The Bertz CT molecular complexity index is 775. The van der Waals surface area contributed by atoms with Gasteiger partial charge in [-0.2, -0.15) is 4.31 Å². The minimum atomic E-state index is -3.58. The lowest BCUT2D eigenvalue weighted by Gasteiger charge is -2.34. The molecule has 2 rings (SSSR count). The first-order chi connectivity index (χ1) is 12.9. The summed E-state index contributed by atoms with van der Waals surface area (Å²) in [5.41, 5.74) is 1.00. The number of rotatable bonds is 7. The highest BCUT2D eigenvalue weighted by Gasteiger charge is 2.33. The summed E-state index contributed by atoms with van der Waals surface area (Å²) >= 11 is 0. The molecule has 0 radical (unpaired) electrons. The number of sulfonamides is 1. The van der Waals surface area contributed by atoms with Crippen LogP contribution in [0.4, 0.5) is 0 Å². The Labute approximate surface area is 160 Å². The molecule has 1 aliphatic heterocycles. The Morgan fingerprint density at radius 2 is 1.85 bits per heavy atom. The Morgan fingerprint density at radius 1 is 1.19 bits per heavy atom. The van der Waals surface area contributed by atoms with Gasteiger partial charge in [0.15, 0.2) is 0 Å². The number of carbonyl (C=O) groups is 2. The minimum Gasteiger partial charge on any atom is -0.348 e. The fourth-order valence-corrected chi connectivity index (χ4v) is 4.83. The van der Waals surface area contributed by atoms with Gasteiger partial charge in [-0.1, -0.05) is 30.2 Å². The van der Waals surface area contributed by atoms with Gasteiger partial charge in [0, 0.05) is 25.7 Å². The van der Waals surface area contributed by atoms with Gasteiger partial charge in [-0.25, -0.2) is 8.42 Å². The molecule has 1 atom stereocenters. The normalized spacial score (nSPS) is 17.9. The first kappa shape index (κ1) is 21.1. The summed E-state index contributed by atoms with van der Waals surface area (Å²) in [4.78, 5) is 23.6. The van der Waals surface area contributed by atoms with E-state index in [0.29, 0.717) is 13.0 Å². The van der Waals surface area contributed by atoms with Crippen molar-refractivity contribution < 1.29 is 18.0 Å². The zero-order valence-corrected chi connectivity index (χ0v) is 16.4. The van der Waals surface area contributed by atoms with E-state index in [2.05, 4.69) is 17.2 Å². The lowest BCUT2D eigenvalue weighted by Crippen LogP contribution is -2.46. The van der Waals surface area contributed by atoms with Gasteiger partial charge >= 0.3 is 11.8 Å². The topological polar surface area (TPSA) is 95.6 Å². The quantitative estimate of drug-likeness (QED) is 0.540. The number of carbonyl (C=O) groups excluding carboxylic acids is 2. The Morgan fingerprint density at radius 3 is 2.52 bits per heavy atom. The zero-order valence-electron chi connectivity index (χ0n) is 15.6. The van der Waals surface area contributed by atoms with Crippen LogP contribution in [0, 0.1) is 6.92 Å². The number of hydrogen-bond acceptors (Lipinski definition) is 4. The molecule has 1 aromatic rings. The Balaban J connectivity index is 1.98. The van der Waals surface area contributed by atoms with E-state index < -0.39 is 21.8 Å². The van der Waals surface area contributed by atoms with Gasteiger partial charge in [0.1, 0.15) is 0 Å². The highest BCUT2D eigenvalue weighted by Crippen LogP contribution is 2.27. The van der Waals surface area contributed by atoms with Gasteiger partial charge in [-0.05, 0) is 38.3 Å². The summed E-state index contributed by atoms with van der Waals surface area (Å²) < 4.78 is 27.5. The summed E-state index contributed by atoms with van der Waals surface area (Å²) in [6.07, 6.45) is 4.45. The molecule has 8 heteroatoms. The highest BCUT2D eigenvalue weighted by atomic mass is 32.2. The monoisotopic (exact) mass is 393 g/mol. The molecule has 0 saturated carbocycles. The van der Waals surface area contributed by atoms with Crippen LogP contribution in [0.25, 0.3) is 0 Å². The van der Waals surface area contributed by atoms with E-state index in [-0.39, 0.29) is 24.0 Å². The molecule has 0 aliphatic carbocycles. The number of benzene rings is 1. The molecule has 1 heterocycles. The van der Waals surface area contributed by atoms with Gasteiger partial charge in [-0.3, -0.25) is 9.59 Å². The molecular weight excluding hydrogens is 366 g/mol. The van der Waals surface area contributed by atoms with Crippen molar-refractivity contribution in [2.75, 3.05) is 19.6 Å². The van der Waals surface area contributed by atoms with Gasteiger partial charge < -0.3 is 10.6 Å². The van der Waals surface area contributed by atoms with Crippen molar-refractivity contribution in [1.82, 2.24) is 14.9 Å². The molecule has 148 valence electrons. The van der Waals surface area contributed by atoms with Crippen molar-refractivity contribution >= 4 is 21.8 Å². The SMILES string of the molecule is C=CCNC(=O)C(=O)NCCC1CCCCN1S(=O)(=O)c1ccc(C)cc1. The summed E-state index contributed by atoms with van der Waals surface area (Å²) in [6, 6.07) is 6.63. The molecule has 7 nitrogen and oxygen atoms in total. The number of amides is 2. The number of hydrogen-bond donors (Lipinski definition) is 2. The number of nitrogens with zero attached hydrogens (tertiary/aromatic N) is 1. The van der Waals surface area contributed by atoms with Crippen LogP contribution in [0.1, 0.15) is 31.2 Å². The van der Waals surface area contributed by atoms with Crippen molar-refractivity contribution in [3.8, 4) is 0 Å². The predicted molar refractivity (Wildman–Crippen MR) is 104 cm³/mol. The van der Waals surface area contributed by atoms with Crippen molar-refractivity contribution in [3.63, 3.8) is 0 Å². The molecule has 1 aromatic carbocycles. The zero-order chi connectivity index (χ0) is 19.9. The van der Waals surface area contributed by atoms with Crippen LogP contribution in [0.3, 0.4) is 0 Å². The fourth-order valence-electron chi connectivity index (χ4n) is 3.10. The van der Waals surface area contributed by atoms with E-state index in [1.807, 2.05) is 6.92 Å². The standard InChI is InChI=1S/C19H27N3O4S/c1-3-12-20-18(23)19(24)21-13-11-16-6-4-5-14-22(16)27(25,26)17-9-7-15(2)8-10-17/h3,7-10,16H,1,4-6,11-14H2,2H3,(H,20,23)(H,21,24). The van der Waals surface area contributed by atoms with Crippen molar-refractivity contribution in [2.24, 2.45) is 0 Å². The average Bonchev–Trinajstić information content (AvgIpc) is 2.66. The molecule has 27 heavy (non-hydrogen) atoms. The van der Waals surface area contributed by atoms with Gasteiger partial charge in [-0.15, -0.1) is 6.58 Å². The predicted octanol–water partition coefficient (Wildman–Crippen LogP) is 1.35. The lowest BCUT2D eigenvalue weighted by atomic mass is 10.0. The van der Waals surface area contributed by atoms with Crippen LogP contribution in [-0.2, 0) is 19.6 Å². The Hall–Kier alpha value is -2.19. The molecular formula is C19H27N3O4S. The number of nitrogens with one attached hydrogen (secondary N) is 2.